The van der Waals surface area contributed by atoms with Gasteiger partial charge in [0.15, 0.2) is 9.84 Å². The zero-order valence-corrected chi connectivity index (χ0v) is 13.8. The van der Waals surface area contributed by atoms with Crippen molar-refractivity contribution in [2.45, 2.75) is 43.5 Å². The summed E-state index contributed by atoms with van der Waals surface area (Å²) in [4.78, 5) is 12.3. The van der Waals surface area contributed by atoms with Gasteiger partial charge in [0.2, 0.25) is 0 Å². The molecule has 0 heterocycles. The Morgan fingerprint density at radius 2 is 1.95 bits per heavy atom. The standard InChI is InChI=1S/C15H20ClNO3S/c1-10-5-3-4-6-13(10)17-15(18)11-7-8-12(16)14(9-11)21(2,19)20/h7-10,13H,3-6H2,1-2H3,(H,17,18)/t10-,13+/m0/s1. The van der Waals surface area contributed by atoms with Crippen molar-refractivity contribution < 1.29 is 13.2 Å². The monoisotopic (exact) mass is 329 g/mol. The van der Waals surface area contributed by atoms with Crippen molar-refractivity contribution in [2.24, 2.45) is 5.92 Å². The summed E-state index contributed by atoms with van der Waals surface area (Å²) in [5, 5.41) is 3.15. The molecule has 116 valence electrons. The maximum Gasteiger partial charge on any atom is 0.251 e. The SMILES string of the molecule is C[C@H]1CCCC[C@H]1NC(=O)c1ccc(Cl)c(S(C)(=O)=O)c1. The lowest BCUT2D eigenvalue weighted by molar-refractivity contribution is 0.0910. The first kappa shape index (κ1) is 16.3. The van der Waals surface area contributed by atoms with E-state index in [0.717, 1.165) is 25.5 Å². The van der Waals surface area contributed by atoms with Crippen LogP contribution in [0.1, 0.15) is 43.0 Å². The predicted octanol–water partition coefficient (Wildman–Crippen LogP) is 3.05. The molecule has 2 rings (SSSR count). The number of nitrogens with one attached hydrogen (secondary N) is 1. The average Bonchev–Trinajstić information content (AvgIpc) is 2.40. The molecule has 1 amide bonds. The van der Waals surface area contributed by atoms with E-state index in [0.29, 0.717) is 11.5 Å². The molecule has 1 aromatic carbocycles. The second-order valence-corrected chi connectivity index (χ2v) is 8.15. The number of carbonyl (C=O) groups is 1. The van der Waals surface area contributed by atoms with Gasteiger partial charge < -0.3 is 5.32 Å². The fraction of sp³-hybridized carbons (Fsp3) is 0.533. The molecule has 1 saturated carbocycles. The van der Waals surface area contributed by atoms with E-state index in [2.05, 4.69) is 12.2 Å². The van der Waals surface area contributed by atoms with Crippen LogP contribution in [0.2, 0.25) is 5.02 Å². The smallest absolute Gasteiger partial charge is 0.251 e. The molecule has 1 aromatic rings. The highest BCUT2D eigenvalue weighted by molar-refractivity contribution is 7.90. The molecule has 0 aromatic heterocycles. The lowest BCUT2D eigenvalue weighted by Gasteiger charge is -2.29. The summed E-state index contributed by atoms with van der Waals surface area (Å²) in [6.45, 7) is 2.13. The first-order chi connectivity index (χ1) is 9.79. The molecule has 1 aliphatic rings. The molecule has 0 radical (unpaired) electrons. The topological polar surface area (TPSA) is 63.2 Å². The van der Waals surface area contributed by atoms with Crippen molar-refractivity contribution >= 4 is 27.3 Å². The molecule has 0 spiro atoms. The largest absolute Gasteiger partial charge is 0.349 e. The molecule has 1 fully saturated rings. The lowest BCUT2D eigenvalue weighted by Crippen LogP contribution is -2.41. The summed E-state index contributed by atoms with van der Waals surface area (Å²) in [6, 6.07) is 4.51. The minimum atomic E-state index is -3.45. The van der Waals surface area contributed by atoms with Crippen LogP contribution in [0.3, 0.4) is 0 Å². The van der Waals surface area contributed by atoms with Gasteiger partial charge in [-0.1, -0.05) is 31.4 Å². The predicted molar refractivity (Wildman–Crippen MR) is 83.4 cm³/mol. The first-order valence-electron chi connectivity index (χ1n) is 7.09. The maximum absolute atomic E-state index is 12.3. The van der Waals surface area contributed by atoms with Gasteiger partial charge in [-0.3, -0.25) is 4.79 Å². The third-order valence-electron chi connectivity index (χ3n) is 4.02. The van der Waals surface area contributed by atoms with Gasteiger partial charge in [0.25, 0.3) is 5.91 Å². The minimum absolute atomic E-state index is 0.00601. The normalized spacial score (nSPS) is 22.8. The Morgan fingerprint density at radius 1 is 1.29 bits per heavy atom. The number of rotatable bonds is 3. The van der Waals surface area contributed by atoms with E-state index in [1.807, 2.05) is 0 Å². The van der Waals surface area contributed by atoms with Gasteiger partial charge in [-0.05, 0) is 37.0 Å². The van der Waals surface area contributed by atoms with Gasteiger partial charge in [-0.2, -0.15) is 0 Å². The second kappa shape index (κ2) is 6.36. The molecule has 21 heavy (non-hydrogen) atoms. The molecule has 4 nitrogen and oxygen atoms in total. The Hall–Kier alpha value is -1.07. The van der Waals surface area contributed by atoms with Crippen molar-refractivity contribution in [2.75, 3.05) is 6.26 Å². The van der Waals surface area contributed by atoms with Gasteiger partial charge in [0.1, 0.15) is 0 Å². The molecule has 6 heteroatoms. The third kappa shape index (κ3) is 3.98. The summed E-state index contributed by atoms with van der Waals surface area (Å²) in [5.41, 5.74) is 0.331. The molecule has 1 N–H and O–H groups in total. The molecule has 2 atom stereocenters. The lowest BCUT2D eigenvalue weighted by atomic mass is 9.86. The first-order valence-corrected chi connectivity index (χ1v) is 9.36. The van der Waals surface area contributed by atoms with E-state index >= 15 is 0 Å². The molecule has 0 saturated heterocycles. The van der Waals surface area contributed by atoms with Crippen molar-refractivity contribution in [3.8, 4) is 0 Å². The van der Waals surface area contributed by atoms with Crippen molar-refractivity contribution in [3.05, 3.63) is 28.8 Å². The summed E-state index contributed by atoms with van der Waals surface area (Å²) in [7, 11) is -3.45. The molecular weight excluding hydrogens is 310 g/mol. The number of carbonyl (C=O) groups excluding carboxylic acids is 1. The van der Waals surface area contributed by atoms with Crippen molar-refractivity contribution in [1.29, 1.82) is 0 Å². The Labute approximate surface area is 130 Å². The third-order valence-corrected chi connectivity index (χ3v) is 5.60. The molecule has 1 aliphatic carbocycles. The molecule has 0 unspecified atom stereocenters. The van der Waals surface area contributed by atoms with Gasteiger partial charge in [0, 0.05) is 17.9 Å². The Morgan fingerprint density at radius 3 is 2.57 bits per heavy atom. The van der Waals surface area contributed by atoms with Crippen LogP contribution >= 0.6 is 11.6 Å². The van der Waals surface area contributed by atoms with E-state index in [-0.39, 0.29) is 21.9 Å². The maximum atomic E-state index is 12.3. The average molecular weight is 330 g/mol. The molecular formula is C15H20ClNO3S. The van der Waals surface area contributed by atoms with E-state index in [1.165, 1.54) is 18.6 Å². The van der Waals surface area contributed by atoms with Crippen LogP contribution in [-0.2, 0) is 9.84 Å². The van der Waals surface area contributed by atoms with Crippen molar-refractivity contribution in [1.82, 2.24) is 5.32 Å². The Bertz CT molecular complexity index is 642. The number of amides is 1. The summed E-state index contributed by atoms with van der Waals surface area (Å²) < 4.78 is 23.3. The van der Waals surface area contributed by atoms with Crippen LogP contribution in [0.4, 0.5) is 0 Å². The summed E-state index contributed by atoms with van der Waals surface area (Å²) in [6.07, 6.45) is 5.48. The quantitative estimate of drug-likeness (QED) is 0.927. The number of benzene rings is 1. The Kier molecular flexibility index (Phi) is 4.94. The van der Waals surface area contributed by atoms with E-state index < -0.39 is 9.84 Å². The van der Waals surface area contributed by atoms with Gasteiger partial charge >= 0.3 is 0 Å². The van der Waals surface area contributed by atoms with Crippen molar-refractivity contribution in [3.63, 3.8) is 0 Å². The zero-order valence-electron chi connectivity index (χ0n) is 12.2. The van der Waals surface area contributed by atoms with Crippen LogP contribution in [-0.4, -0.2) is 26.6 Å². The van der Waals surface area contributed by atoms with Gasteiger partial charge in [0.05, 0.1) is 9.92 Å². The van der Waals surface area contributed by atoms with Crippen LogP contribution in [0, 0.1) is 5.92 Å². The number of sulfone groups is 1. The highest BCUT2D eigenvalue weighted by Crippen LogP contribution is 2.25. The Balaban J connectivity index is 2.20. The van der Waals surface area contributed by atoms with Crippen LogP contribution in [0.15, 0.2) is 23.1 Å². The zero-order chi connectivity index (χ0) is 15.6. The fourth-order valence-electron chi connectivity index (χ4n) is 2.71. The van der Waals surface area contributed by atoms with Crippen LogP contribution < -0.4 is 5.32 Å². The van der Waals surface area contributed by atoms with Gasteiger partial charge in [-0.15, -0.1) is 0 Å². The fourth-order valence-corrected chi connectivity index (χ4v) is 4.01. The summed E-state index contributed by atoms with van der Waals surface area (Å²) in [5.74, 6) is 0.208. The van der Waals surface area contributed by atoms with E-state index in [1.54, 1.807) is 6.07 Å². The highest BCUT2D eigenvalue weighted by atomic mass is 35.5. The number of hydrogen-bond donors (Lipinski definition) is 1. The number of hydrogen-bond acceptors (Lipinski definition) is 3. The summed E-state index contributed by atoms with van der Waals surface area (Å²) >= 11 is 5.89. The molecule has 0 aliphatic heterocycles. The number of halogens is 1. The molecule has 0 bridgehead atoms. The van der Waals surface area contributed by atoms with Crippen LogP contribution in [0.25, 0.3) is 0 Å². The van der Waals surface area contributed by atoms with E-state index in [9.17, 15) is 13.2 Å². The highest BCUT2D eigenvalue weighted by Gasteiger charge is 2.24. The minimum Gasteiger partial charge on any atom is -0.349 e. The van der Waals surface area contributed by atoms with Crippen LogP contribution in [0.5, 0.6) is 0 Å². The van der Waals surface area contributed by atoms with Gasteiger partial charge in [-0.25, -0.2) is 8.42 Å². The van der Waals surface area contributed by atoms with E-state index in [4.69, 9.17) is 11.6 Å². The second-order valence-electron chi connectivity index (χ2n) is 5.76.